The normalized spacial score (nSPS) is 10.7. The van der Waals surface area contributed by atoms with Gasteiger partial charge in [-0.15, -0.1) is 11.6 Å². The van der Waals surface area contributed by atoms with E-state index in [0.29, 0.717) is 22.4 Å². The summed E-state index contributed by atoms with van der Waals surface area (Å²) in [5.74, 6) is 1.70. The highest BCUT2D eigenvalue weighted by Gasteiger charge is 2.15. The summed E-state index contributed by atoms with van der Waals surface area (Å²) in [6.45, 7) is 4.19. The number of alkyl halides is 1. The maximum Gasteiger partial charge on any atom is 0.166 e. The van der Waals surface area contributed by atoms with Gasteiger partial charge < -0.3 is 9.47 Å². The van der Waals surface area contributed by atoms with E-state index in [-0.39, 0.29) is 6.10 Å². The maximum atomic E-state index is 5.99. The molecule has 0 fully saturated rings. The topological polar surface area (TPSA) is 18.5 Å². The summed E-state index contributed by atoms with van der Waals surface area (Å²) in [4.78, 5) is 0. The van der Waals surface area contributed by atoms with Crippen LogP contribution in [0, 0.1) is 0 Å². The Labute approximate surface area is 113 Å². The molecule has 4 heteroatoms. The molecule has 0 unspecified atom stereocenters. The molecule has 0 aliphatic heterocycles. The van der Waals surface area contributed by atoms with E-state index in [0.717, 1.165) is 18.4 Å². The van der Waals surface area contributed by atoms with E-state index in [1.165, 1.54) is 0 Å². The second kappa shape index (κ2) is 6.97. The summed E-state index contributed by atoms with van der Waals surface area (Å²) in [7, 11) is 1.60. The molecule has 2 nitrogen and oxygen atoms in total. The lowest BCUT2D eigenvalue weighted by Gasteiger charge is -2.20. The average molecular weight is 277 g/mol. The molecule has 0 saturated carbocycles. The van der Waals surface area contributed by atoms with Gasteiger partial charge in [0.1, 0.15) is 0 Å². The minimum Gasteiger partial charge on any atom is -0.493 e. The molecule has 0 aliphatic carbocycles. The van der Waals surface area contributed by atoms with Gasteiger partial charge in [0.25, 0.3) is 0 Å². The zero-order valence-corrected chi connectivity index (χ0v) is 11.9. The van der Waals surface area contributed by atoms with Crippen molar-refractivity contribution in [3.8, 4) is 11.5 Å². The van der Waals surface area contributed by atoms with Crippen molar-refractivity contribution >= 4 is 23.2 Å². The summed E-state index contributed by atoms with van der Waals surface area (Å²) in [5, 5.41) is 0.606. The van der Waals surface area contributed by atoms with Gasteiger partial charge in [-0.25, -0.2) is 0 Å². The molecule has 0 saturated heterocycles. The zero-order chi connectivity index (χ0) is 12.8. The Balaban J connectivity index is 3.10. The second-order valence-electron chi connectivity index (χ2n) is 3.79. The Kier molecular flexibility index (Phi) is 5.93. The van der Waals surface area contributed by atoms with E-state index in [1.54, 1.807) is 13.2 Å². The molecule has 0 amide bonds. The monoisotopic (exact) mass is 276 g/mol. The molecule has 0 spiro atoms. The van der Waals surface area contributed by atoms with E-state index >= 15 is 0 Å². The highest BCUT2D eigenvalue weighted by atomic mass is 35.5. The summed E-state index contributed by atoms with van der Waals surface area (Å²) in [5.41, 5.74) is 0.864. The van der Waals surface area contributed by atoms with Gasteiger partial charge in [0, 0.05) is 16.7 Å². The summed E-state index contributed by atoms with van der Waals surface area (Å²) in [6, 6.07) is 3.56. The van der Waals surface area contributed by atoms with E-state index < -0.39 is 0 Å². The molecular formula is C13H18Cl2O2. The number of hydrogen-bond donors (Lipinski definition) is 0. The van der Waals surface area contributed by atoms with Crippen LogP contribution in [-0.4, -0.2) is 13.2 Å². The van der Waals surface area contributed by atoms with Crippen molar-refractivity contribution in [2.45, 2.75) is 38.7 Å². The predicted molar refractivity (Wildman–Crippen MR) is 72.6 cm³/mol. The predicted octanol–water partition coefficient (Wildman–Crippen LogP) is 4.65. The molecule has 1 rings (SSSR count). The van der Waals surface area contributed by atoms with Gasteiger partial charge in [-0.2, -0.15) is 0 Å². The molecule has 0 atom stereocenters. The molecule has 17 heavy (non-hydrogen) atoms. The van der Waals surface area contributed by atoms with Crippen molar-refractivity contribution in [3.63, 3.8) is 0 Å². The summed E-state index contributed by atoms with van der Waals surface area (Å²) < 4.78 is 11.2. The summed E-state index contributed by atoms with van der Waals surface area (Å²) >= 11 is 11.9. The molecular weight excluding hydrogens is 259 g/mol. The number of methoxy groups -OCH3 is 1. The third kappa shape index (κ3) is 3.68. The van der Waals surface area contributed by atoms with Crippen LogP contribution in [0.4, 0.5) is 0 Å². The minimum atomic E-state index is 0.173. The van der Waals surface area contributed by atoms with Gasteiger partial charge in [-0.3, -0.25) is 0 Å². The molecule has 1 aromatic carbocycles. The van der Waals surface area contributed by atoms with Crippen LogP contribution in [0.2, 0.25) is 5.02 Å². The SMILES string of the molecule is CCC(CC)Oc1c(CCl)cc(Cl)cc1OC. The summed E-state index contributed by atoms with van der Waals surface area (Å²) in [6.07, 6.45) is 2.07. The Hall–Kier alpha value is -0.600. The fraction of sp³-hybridized carbons (Fsp3) is 0.538. The molecule has 0 bridgehead atoms. The average Bonchev–Trinajstić information content (AvgIpc) is 2.36. The molecule has 0 aromatic heterocycles. The third-order valence-corrected chi connectivity index (χ3v) is 3.16. The molecule has 0 N–H and O–H groups in total. The van der Waals surface area contributed by atoms with Crippen LogP contribution < -0.4 is 9.47 Å². The van der Waals surface area contributed by atoms with Crippen LogP contribution in [0.25, 0.3) is 0 Å². The molecule has 0 heterocycles. The standard InChI is InChI=1S/C13H18Cl2O2/c1-4-11(5-2)17-13-9(8-14)6-10(15)7-12(13)16-3/h6-7,11H,4-5,8H2,1-3H3. The quantitative estimate of drug-likeness (QED) is 0.704. The van der Waals surface area contributed by atoms with Crippen LogP contribution in [0.3, 0.4) is 0 Å². The van der Waals surface area contributed by atoms with Crippen LogP contribution >= 0.6 is 23.2 Å². The van der Waals surface area contributed by atoms with Crippen LogP contribution in [0.1, 0.15) is 32.3 Å². The Morgan fingerprint density at radius 2 is 1.88 bits per heavy atom. The lowest BCUT2D eigenvalue weighted by molar-refractivity contribution is 0.183. The number of rotatable bonds is 6. The van der Waals surface area contributed by atoms with Gasteiger partial charge >= 0.3 is 0 Å². The largest absolute Gasteiger partial charge is 0.493 e. The number of halogens is 2. The van der Waals surface area contributed by atoms with Gasteiger partial charge in [0.2, 0.25) is 0 Å². The van der Waals surface area contributed by atoms with Gasteiger partial charge in [-0.1, -0.05) is 25.4 Å². The maximum absolute atomic E-state index is 5.99. The van der Waals surface area contributed by atoms with Crippen molar-refractivity contribution in [3.05, 3.63) is 22.7 Å². The van der Waals surface area contributed by atoms with Crippen LogP contribution in [-0.2, 0) is 5.88 Å². The molecule has 0 radical (unpaired) electrons. The lowest BCUT2D eigenvalue weighted by Crippen LogP contribution is -2.15. The Morgan fingerprint density at radius 1 is 1.24 bits per heavy atom. The van der Waals surface area contributed by atoms with E-state index in [1.807, 2.05) is 6.07 Å². The minimum absolute atomic E-state index is 0.173. The van der Waals surface area contributed by atoms with E-state index in [2.05, 4.69) is 13.8 Å². The van der Waals surface area contributed by atoms with E-state index in [4.69, 9.17) is 32.7 Å². The van der Waals surface area contributed by atoms with Crippen molar-refractivity contribution in [1.82, 2.24) is 0 Å². The molecule has 1 aromatic rings. The van der Waals surface area contributed by atoms with Crippen molar-refractivity contribution in [2.24, 2.45) is 0 Å². The highest BCUT2D eigenvalue weighted by molar-refractivity contribution is 6.31. The number of hydrogen-bond acceptors (Lipinski definition) is 2. The Bertz CT molecular complexity index is 337. The number of ether oxygens (including phenoxy) is 2. The van der Waals surface area contributed by atoms with Gasteiger partial charge in [-0.05, 0) is 18.9 Å². The van der Waals surface area contributed by atoms with Crippen LogP contribution in [0.5, 0.6) is 11.5 Å². The van der Waals surface area contributed by atoms with Crippen LogP contribution in [0.15, 0.2) is 12.1 Å². The van der Waals surface area contributed by atoms with Crippen molar-refractivity contribution in [2.75, 3.05) is 7.11 Å². The first-order chi connectivity index (χ1) is 8.15. The second-order valence-corrected chi connectivity index (χ2v) is 4.49. The zero-order valence-electron chi connectivity index (χ0n) is 10.4. The molecule has 96 valence electrons. The number of benzene rings is 1. The highest BCUT2D eigenvalue weighted by Crippen LogP contribution is 2.36. The first-order valence-corrected chi connectivity index (χ1v) is 6.66. The molecule has 0 aliphatic rings. The smallest absolute Gasteiger partial charge is 0.166 e. The van der Waals surface area contributed by atoms with Crippen molar-refractivity contribution < 1.29 is 9.47 Å². The first kappa shape index (κ1) is 14.5. The fourth-order valence-corrected chi connectivity index (χ4v) is 2.06. The Morgan fingerprint density at radius 3 is 2.35 bits per heavy atom. The lowest BCUT2D eigenvalue weighted by atomic mass is 10.2. The first-order valence-electron chi connectivity index (χ1n) is 5.75. The van der Waals surface area contributed by atoms with E-state index in [9.17, 15) is 0 Å². The third-order valence-electron chi connectivity index (χ3n) is 2.66. The van der Waals surface area contributed by atoms with Crippen molar-refractivity contribution in [1.29, 1.82) is 0 Å². The fourth-order valence-electron chi connectivity index (χ4n) is 1.63. The van der Waals surface area contributed by atoms with Gasteiger partial charge in [0.05, 0.1) is 19.1 Å². The van der Waals surface area contributed by atoms with Gasteiger partial charge in [0.15, 0.2) is 11.5 Å².